The van der Waals surface area contributed by atoms with Crippen LogP contribution in [0.5, 0.6) is 0 Å². The highest BCUT2D eigenvalue weighted by Gasteiger charge is 2.12. The first-order valence-corrected chi connectivity index (χ1v) is 6.71. The molecule has 1 rings (SSSR count). The van der Waals surface area contributed by atoms with Crippen molar-refractivity contribution in [3.8, 4) is 0 Å². The van der Waals surface area contributed by atoms with Crippen LogP contribution < -0.4 is 5.48 Å². The summed E-state index contributed by atoms with van der Waals surface area (Å²) >= 11 is 0. The highest BCUT2D eigenvalue weighted by molar-refractivity contribution is 5.48. The molecule has 0 aliphatic heterocycles. The van der Waals surface area contributed by atoms with Crippen LogP contribution in [0.1, 0.15) is 33.3 Å². The molecule has 0 saturated heterocycles. The van der Waals surface area contributed by atoms with Crippen LogP contribution >= 0.6 is 0 Å². The Bertz CT molecular complexity index is 342. The van der Waals surface area contributed by atoms with Gasteiger partial charge in [-0.15, -0.1) is 0 Å². The van der Waals surface area contributed by atoms with Crippen molar-refractivity contribution in [1.29, 1.82) is 0 Å². The fraction of sp³-hybridized carbons (Fsp3) is 0.600. The molecule has 1 N–H and O–H groups in total. The number of para-hydroxylation sites is 1. The summed E-state index contributed by atoms with van der Waals surface area (Å²) in [6.07, 6.45) is 0. The van der Waals surface area contributed by atoms with E-state index < -0.39 is 0 Å². The lowest BCUT2D eigenvalue weighted by molar-refractivity contribution is 0.106. The first-order chi connectivity index (χ1) is 8.52. The Balaban J connectivity index is 2.32. The summed E-state index contributed by atoms with van der Waals surface area (Å²) < 4.78 is 0. The first kappa shape index (κ1) is 15.0. The molecule has 102 valence electrons. The monoisotopic (exact) mass is 250 g/mol. The van der Waals surface area contributed by atoms with Gasteiger partial charge >= 0.3 is 0 Å². The van der Waals surface area contributed by atoms with Gasteiger partial charge < -0.3 is 0 Å². The average Bonchev–Trinajstić information content (AvgIpc) is 2.30. The van der Waals surface area contributed by atoms with Crippen LogP contribution in [-0.4, -0.2) is 30.1 Å². The summed E-state index contributed by atoms with van der Waals surface area (Å²) in [5, 5.41) is 0. The number of hydrogen-bond acceptors (Lipinski definition) is 3. The maximum Gasteiger partial charge on any atom is 0.0873 e. The van der Waals surface area contributed by atoms with Gasteiger partial charge in [0.1, 0.15) is 0 Å². The van der Waals surface area contributed by atoms with Crippen LogP contribution in [0.25, 0.3) is 0 Å². The quantitative estimate of drug-likeness (QED) is 0.592. The van der Waals surface area contributed by atoms with Gasteiger partial charge in [0.05, 0.1) is 12.3 Å². The van der Waals surface area contributed by atoms with Crippen LogP contribution in [0.3, 0.4) is 0 Å². The van der Waals surface area contributed by atoms with Crippen LogP contribution in [0, 0.1) is 6.92 Å². The molecule has 0 saturated carbocycles. The number of nitrogens with one attached hydrogen (secondary N) is 1. The maximum absolute atomic E-state index is 5.54. The van der Waals surface area contributed by atoms with Gasteiger partial charge in [-0.1, -0.05) is 18.2 Å². The van der Waals surface area contributed by atoms with E-state index in [1.807, 2.05) is 18.2 Å². The smallest absolute Gasteiger partial charge is 0.0873 e. The number of benzene rings is 1. The predicted molar refractivity (Wildman–Crippen MR) is 77.7 cm³/mol. The molecule has 0 spiro atoms. The molecule has 0 unspecified atom stereocenters. The minimum atomic E-state index is 0.548. The van der Waals surface area contributed by atoms with Gasteiger partial charge in [0.2, 0.25) is 0 Å². The second-order valence-corrected chi connectivity index (χ2v) is 5.19. The van der Waals surface area contributed by atoms with Crippen LogP contribution in [-0.2, 0) is 4.84 Å². The summed E-state index contributed by atoms with van der Waals surface area (Å²) in [5.74, 6) is 0. The minimum Gasteiger partial charge on any atom is -0.296 e. The standard InChI is InChI=1S/C15H26N2O/c1-12(2)17(13(3)4)10-11-18-16-15-9-7-6-8-14(15)5/h6-9,12-13,16H,10-11H2,1-5H3. The lowest BCUT2D eigenvalue weighted by Gasteiger charge is -2.30. The zero-order valence-electron chi connectivity index (χ0n) is 12.2. The van der Waals surface area contributed by atoms with Gasteiger partial charge in [-0.25, -0.2) is 0 Å². The second kappa shape index (κ2) is 7.39. The van der Waals surface area contributed by atoms with Crippen molar-refractivity contribution >= 4 is 5.69 Å². The average molecular weight is 250 g/mol. The van der Waals surface area contributed by atoms with E-state index in [4.69, 9.17) is 4.84 Å². The Morgan fingerprint density at radius 1 is 1.11 bits per heavy atom. The van der Waals surface area contributed by atoms with E-state index in [1.54, 1.807) is 0 Å². The molecule has 0 amide bonds. The molecule has 0 aliphatic carbocycles. The van der Waals surface area contributed by atoms with Crippen molar-refractivity contribution in [2.75, 3.05) is 18.6 Å². The molecule has 0 aliphatic rings. The third-order valence-electron chi connectivity index (χ3n) is 3.11. The van der Waals surface area contributed by atoms with Crippen molar-refractivity contribution in [2.24, 2.45) is 0 Å². The minimum absolute atomic E-state index is 0.548. The molecular weight excluding hydrogens is 224 g/mol. The predicted octanol–water partition coefficient (Wildman–Crippen LogP) is 3.46. The van der Waals surface area contributed by atoms with Gasteiger partial charge in [-0.2, -0.15) is 0 Å². The number of aryl methyl sites for hydroxylation is 1. The molecule has 1 aromatic rings. The van der Waals surface area contributed by atoms with E-state index in [0.29, 0.717) is 18.7 Å². The number of anilines is 1. The van der Waals surface area contributed by atoms with E-state index >= 15 is 0 Å². The van der Waals surface area contributed by atoms with Gasteiger partial charge in [-0.3, -0.25) is 15.2 Å². The molecule has 3 heteroatoms. The summed E-state index contributed by atoms with van der Waals surface area (Å²) in [7, 11) is 0. The van der Waals surface area contributed by atoms with Gasteiger partial charge in [0.15, 0.2) is 0 Å². The summed E-state index contributed by atoms with van der Waals surface area (Å²) in [5.41, 5.74) is 5.26. The Hall–Kier alpha value is -1.06. The molecule has 1 aromatic carbocycles. The van der Waals surface area contributed by atoms with Crippen LogP contribution in [0.4, 0.5) is 5.69 Å². The van der Waals surface area contributed by atoms with Crippen molar-refractivity contribution in [1.82, 2.24) is 4.90 Å². The van der Waals surface area contributed by atoms with E-state index in [9.17, 15) is 0 Å². The summed E-state index contributed by atoms with van der Waals surface area (Å²) in [6, 6.07) is 9.23. The van der Waals surface area contributed by atoms with Gasteiger partial charge in [-0.05, 0) is 46.2 Å². The van der Waals surface area contributed by atoms with E-state index in [2.05, 4.69) is 51.1 Å². The summed E-state index contributed by atoms with van der Waals surface area (Å²) in [6.45, 7) is 12.6. The Morgan fingerprint density at radius 3 is 2.28 bits per heavy atom. The Morgan fingerprint density at radius 2 is 1.72 bits per heavy atom. The van der Waals surface area contributed by atoms with Gasteiger partial charge in [0, 0.05) is 18.6 Å². The maximum atomic E-state index is 5.54. The van der Waals surface area contributed by atoms with Crippen molar-refractivity contribution in [2.45, 2.75) is 46.7 Å². The largest absolute Gasteiger partial charge is 0.296 e. The van der Waals surface area contributed by atoms with E-state index in [-0.39, 0.29) is 0 Å². The fourth-order valence-electron chi connectivity index (χ4n) is 2.08. The third-order valence-corrected chi connectivity index (χ3v) is 3.11. The molecule has 0 fully saturated rings. The first-order valence-electron chi connectivity index (χ1n) is 6.71. The van der Waals surface area contributed by atoms with Gasteiger partial charge in [0.25, 0.3) is 0 Å². The number of hydrogen-bond donors (Lipinski definition) is 1. The number of rotatable bonds is 7. The lowest BCUT2D eigenvalue weighted by atomic mass is 10.2. The lowest BCUT2D eigenvalue weighted by Crippen LogP contribution is -2.39. The van der Waals surface area contributed by atoms with E-state index in [0.717, 1.165) is 12.2 Å². The Kier molecular flexibility index (Phi) is 6.16. The SMILES string of the molecule is Cc1ccccc1NOCCN(C(C)C)C(C)C. The highest BCUT2D eigenvalue weighted by Crippen LogP contribution is 2.13. The molecule has 18 heavy (non-hydrogen) atoms. The topological polar surface area (TPSA) is 24.5 Å². The van der Waals surface area contributed by atoms with Crippen molar-refractivity contribution in [3.05, 3.63) is 29.8 Å². The summed E-state index contributed by atoms with van der Waals surface area (Å²) in [4.78, 5) is 7.96. The molecule has 0 aromatic heterocycles. The normalized spacial score (nSPS) is 11.6. The fourth-order valence-corrected chi connectivity index (χ4v) is 2.08. The molecule has 0 radical (unpaired) electrons. The zero-order chi connectivity index (χ0) is 13.5. The van der Waals surface area contributed by atoms with E-state index in [1.165, 1.54) is 5.56 Å². The zero-order valence-corrected chi connectivity index (χ0v) is 12.2. The molecular formula is C15H26N2O. The molecule has 0 heterocycles. The Labute approximate surface area is 111 Å². The van der Waals surface area contributed by atoms with Crippen LogP contribution in [0.15, 0.2) is 24.3 Å². The molecule has 3 nitrogen and oxygen atoms in total. The second-order valence-electron chi connectivity index (χ2n) is 5.19. The van der Waals surface area contributed by atoms with Crippen molar-refractivity contribution < 1.29 is 4.84 Å². The molecule has 0 atom stereocenters. The third kappa shape index (κ3) is 4.67. The number of nitrogens with zero attached hydrogens (tertiary/aromatic N) is 1. The highest BCUT2D eigenvalue weighted by atomic mass is 16.6. The van der Waals surface area contributed by atoms with Crippen molar-refractivity contribution in [3.63, 3.8) is 0 Å². The van der Waals surface area contributed by atoms with Crippen LogP contribution in [0.2, 0.25) is 0 Å². The molecule has 0 bridgehead atoms.